The summed E-state index contributed by atoms with van der Waals surface area (Å²) in [5.74, 6) is 0. The van der Waals surface area contributed by atoms with E-state index in [0.717, 1.165) is 11.3 Å². The van der Waals surface area contributed by atoms with E-state index < -0.39 is 0 Å². The molecule has 0 saturated carbocycles. The van der Waals surface area contributed by atoms with Crippen LogP contribution in [-0.2, 0) is 6.54 Å². The minimum atomic E-state index is -0.0748. The van der Waals surface area contributed by atoms with Gasteiger partial charge in [-0.1, -0.05) is 35.3 Å². The van der Waals surface area contributed by atoms with E-state index >= 15 is 0 Å². The zero-order valence-corrected chi connectivity index (χ0v) is 13.4. The van der Waals surface area contributed by atoms with Crippen molar-refractivity contribution in [3.8, 4) is 5.69 Å². The average molecular weight is 333 g/mol. The van der Waals surface area contributed by atoms with Gasteiger partial charge >= 0.3 is 0 Å². The van der Waals surface area contributed by atoms with Crippen LogP contribution in [0.3, 0.4) is 0 Å². The van der Waals surface area contributed by atoms with E-state index in [1.54, 1.807) is 24.4 Å². The first-order chi connectivity index (χ1) is 10.5. The fourth-order valence-electron chi connectivity index (χ4n) is 2.52. The highest BCUT2D eigenvalue weighted by molar-refractivity contribution is 6.33. The minimum absolute atomic E-state index is 0.0748. The lowest BCUT2D eigenvalue weighted by Crippen LogP contribution is -2.17. The molecule has 0 aliphatic carbocycles. The number of hydrogen-bond donors (Lipinski definition) is 1. The number of nitrogens with two attached hydrogens (primary N) is 1. The average Bonchev–Trinajstić information content (AvgIpc) is 2.51. The fourth-order valence-corrected chi connectivity index (χ4v) is 2.90. The Bertz CT molecular complexity index is 932. The third-order valence-electron chi connectivity index (χ3n) is 3.69. The number of pyridine rings is 1. The van der Waals surface area contributed by atoms with Crippen molar-refractivity contribution < 1.29 is 0 Å². The summed E-state index contributed by atoms with van der Waals surface area (Å²) in [6.07, 6.45) is 1.74. The van der Waals surface area contributed by atoms with Crippen LogP contribution in [0.1, 0.15) is 11.1 Å². The van der Waals surface area contributed by atoms with Crippen molar-refractivity contribution in [2.75, 3.05) is 0 Å². The lowest BCUT2D eigenvalue weighted by molar-refractivity contribution is 0.993. The van der Waals surface area contributed by atoms with Gasteiger partial charge in [0.15, 0.2) is 5.43 Å². The van der Waals surface area contributed by atoms with Gasteiger partial charge in [-0.2, -0.15) is 0 Å². The summed E-state index contributed by atoms with van der Waals surface area (Å²) in [6, 6.07) is 10.9. The molecule has 0 radical (unpaired) electrons. The largest absolute Gasteiger partial charge is 0.326 e. The Kier molecular flexibility index (Phi) is 3.96. The zero-order valence-electron chi connectivity index (χ0n) is 11.9. The summed E-state index contributed by atoms with van der Waals surface area (Å²) in [4.78, 5) is 12.4. The summed E-state index contributed by atoms with van der Waals surface area (Å²) in [5, 5.41) is 1.77. The Balaban J connectivity index is 2.47. The van der Waals surface area contributed by atoms with Gasteiger partial charge in [-0.15, -0.1) is 0 Å². The molecule has 0 fully saturated rings. The summed E-state index contributed by atoms with van der Waals surface area (Å²) in [6.45, 7) is 2.11. The van der Waals surface area contributed by atoms with Crippen LogP contribution in [0.2, 0.25) is 10.0 Å². The van der Waals surface area contributed by atoms with Crippen molar-refractivity contribution in [2.24, 2.45) is 5.73 Å². The second kappa shape index (κ2) is 5.76. The van der Waals surface area contributed by atoms with Crippen LogP contribution in [0.15, 0.2) is 47.4 Å². The molecular weight excluding hydrogens is 319 g/mol. The van der Waals surface area contributed by atoms with Gasteiger partial charge in [0.1, 0.15) is 0 Å². The standard InChI is InChI=1S/C17H14Cl2N2O/c1-10-3-2-4-14(16(10)19)21-9-11(8-20)17(22)13-6-5-12(18)7-15(13)21/h2-7,9H,8,20H2,1H3. The second-order valence-electron chi connectivity index (χ2n) is 5.13. The quantitative estimate of drug-likeness (QED) is 0.769. The highest BCUT2D eigenvalue weighted by Crippen LogP contribution is 2.28. The van der Waals surface area contributed by atoms with Gasteiger partial charge < -0.3 is 10.3 Å². The molecule has 0 atom stereocenters. The van der Waals surface area contributed by atoms with Crippen molar-refractivity contribution in [1.82, 2.24) is 4.57 Å². The highest BCUT2D eigenvalue weighted by atomic mass is 35.5. The Labute approximate surface area is 137 Å². The molecule has 3 aromatic rings. The molecule has 3 rings (SSSR count). The second-order valence-corrected chi connectivity index (χ2v) is 5.94. The first-order valence-corrected chi connectivity index (χ1v) is 7.58. The maximum Gasteiger partial charge on any atom is 0.193 e. The maximum absolute atomic E-state index is 12.4. The molecule has 1 heterocycles. The van der Waals surface area contributed by atoms with E-state index in [-0.39, 0.29) is 12.0 Å². The third kappa shape index (κ3) is 2.41. The Hall–Kier alpha value is -1.81. The molecule has 0 aliphatic rings. The Morgan fingerprint density at radius 3 is 2.68 bits per heavy atom. The first kappa shape index (κ1) is 15.1. The lowest BCUT2D eigenvalue weighted by Gasteiger charge is -2.15. The molecule has 5 heteroatoms. The molecule has 0 spiro atoms. The number of fused-ring (bicyclic) bond motifs is 1. The summed E-state index contributed by atoms with van der Waals surface area (Å²) in [5.41, 5.74) is 8.64. The summed E-state index contributed by atoms with van der Waals surface area (Å²) < 4.78 is 1.88. The van der Waals surface area contributed by atoms with E-state index in [1.807, 2.05) is 29.7 Å². The SMILES string of the molecule is Cc1cccc(-n2cc(CN)c(=O)c3ccc(Cl)cc32)c1Cl. The minimum Gasteiger partial charge on any atom is -0.326 e. The van der Waals surface area contributed by atoms with Gasteiger partial charge in [-0.05, 0) is 36.8 Å². The van der Waals surface area contributed by atoms with Crippen LogP contribution in [0.5, 0.6) is 0 Å². The molecule has 0 amide bonds. The lowest BCUT2D eigenvalue weighted by atomic mass is 10.1. The van der Waals surface area contributed by atoms with Gasteiger partial charge in [0.25, 0.3) is 0 Å². The molecular formula is C17H14Cl2N2O. The molecule has 0 aliphatic heterocycles. The van der Waals surface area contributed by atoms with Gasteiger partial charge in [0.05, 0.1) is 16.2 Å². The predicted molar refractivity (Wildman–Crippen MR) is 92.2 cm³/mol. The van der Waals surface area contributed by atoms with E-state index in [9.17, 15) is 4.79 Å². The van der Waals surface area contributed by atoms with Crippen molar-refractivity contribution in [3.63, 3.8) is 0 Å². The van der Waals surface area contributed by atoms with Crippen LogP contribution in [-0.4, -0.2) is 4.57 Å². The van der Waals surface area contributed by atoms with Crippen molar-refractivity contribution >= 4 is 34.1 Å². The Morgan fingerprint density at radius 1 is 1.18 bits per heavy atom. The van der Waals surface area contributed by atoms with Crippen molar-refractivity contribution in [2.45, 2.75) is 13.5 Å². The van der Waals surface area contributed by atoms with E-state index in [0.29, 0.717) is 26.5 Å². The van der Waals surface area contributed by atoms with Crippen LogP contribution in [0.25, 0.3) is 16.6 Å². The molecule has 1 aromatic heterocycles. The number of aromatic nitrogens is 1. The number of halogens is 2. The third-order valence-corrected chi connectivity index (χ3v) is 4.42. The van der Waals surface area contributed by atoms with Crippen LogP contribution < -0.4 is 11.2 Å². The summed E-state index contributed by atoms with van der Waals surface area (Å²) >= 11 is 12.5. The number of hydrogen-bond acceptors (Lipinski definition) is 2. The zero-order chi connectivity index (χ0) is 15.9. The maximum atomic E-state index is 12.4. The number of rotatable bonds is 2. The Morgan fingerprint density at radius 2 is 1.95 bits per heavy atom. The van der Waals surface area contributed by atoms with Crippen molar-refractivity contribution in [1.29, 1.82) is 0 Å². The topological polar surface area (TPSA) is 48.0 Å². The van der Waals surface area contributed by atoms with E-state index in [1.165, 1.54) is 0 Å². The molecule has 3 nitrogen and oxygen atoms in total. The van der Waals surface area contributed by atoms with Gasteiger partial charge in [0.2, 0.25) is 0 Å². The van der Waals surface area contributed by atoms with Crippen molar-refractivity contribution in [3.05, 3.63) is 74.0 Å². The predicted octanol–water partition coefficient (Wildman–Crippen LogP) is 4.06. The smallest absolute Gasteiger partial charge is 0.193 e. The van der Waals surface area contributed by atoms with Crippen LogP contribution in [0.4, 0.5) is 0 Å². The van der Waals surface area contributed by atoms with Gasteiger partial charge in [-0.3, -0.25) is 4.79 Å². The van der Waals surface area contributed by atoms with Crippen LogP contribution >= 0.6 is 23.2 Å². The van der Waals surface area contributed by atoms with E-state index in [4.69, 9.17) is 28.9 Å². The molecule has 22 heavy (non-hydrogen) atoms. The number of nitrogens with zero attached hydrogens (tertiary/aromatic N) is 1. The molecule has 0 unspecified atom stereocenters. The molecule has 0 bridgehead atoms. The van der Waals surface area contributed by atoms with Gasteiger partial charge in [0, 0.05) is 28.7 Å². The molecule has 0 saturated heterocycles. The number of aryl methyl sites for hydroxylation is 1. The van der Waals surface area contributed by atoms with E-state index in [2.05, 4.69) is 0 Å². The monoisotopic (exact) mass is 332 g/mol. The molecule has 2 aromatic carbocycles. The highest BCUT2D eigenvalue weighted by Gasteiger charge is 2.12. The molecule has 2 N–H and O–H groups in total. The normalized spacial score (nSPS) is 11.1. The summed E-state index contributed by atoms with van der Waals surface area (Å²) in [7, 11) is 0. The fraction of sp³-hybridized carbons (Fsp3) is 0.118. The molecule has 112 valence electrons. The first-order valence-electron chi connectivity index (χ1n) is 6.82. The van der Waals surface area contributed by atoms with Crippen LogP contribution in [0, 0.1) is 6.92 Å². The van der Waals surface area contributed by atoms with Gasteiger partial charge in [-0.25, -0.2) is 0 Å². The number of benzene rings is 2.